The van der Waals surface area contributed by atoms with Crippen molar-refractivity contribution in [2.24, 2.45) is 0 Å². The molecule has 1 aromatic carbocycles. The number of esters is 1. The second kappa shape index (κ2) is 9.48. The highest BCUT2D eigenvalue weighted by atomic mass is 32.1. The molecule has 0 aliphatic carbocycles. The fourth-order valence-electron chi connectivity index (χ4n) is 2.41. The second-order valence-corrected chi connectivity index (χ2v) is 7.72. The maximum absolute atomic E-state index is 12.3. The number of thiazole rings is 1. The van der Waals surface area contributed by atoms with E-state index in [1.165, 1.54) is 16.2 Å². The maximum atomic E-state index is 12.3. The highest BCUT2D eigenvalue weighted by Crippen LogP contribution is 2.27. The first-order chi connectivity index (χ1) is 13.6. The largest absolute Gasteiger partial charge is 0.494 e. The number of ether oxygens (including phenoxy) is 2. The van der Waals surface area contributed by atoms with Crippen LogP contribution in [0.2, 0.25) is 0 Å². The van der Waals surface area contributed by atoms with Gasteiger partial charge in [-0.2, -0.15) is 0 Å². The van der Waals surface area contributed by atoms with Crippen LogP contribution in [-0.2, 0) is 16.1 Å². The molecule has 3 aromatic rings. The molecule has 0 saturated heterocycles. The van der Waals surface area contributed by atoms with Gasteiger partial charge in [-0.1, -0.05) is 18.2 Å². The molecule has 28 heavy (non-hydrogen) atoms. The number of hydrogen-bond donors (Lipinski definition) is 0. The van der Waals surface area contributed by atoms with Crippen LogP contribution < -0.4 is 4.74 Å². The Labute approximate surface area is 171 Å². The molecular formula is C20H20N2O4S2. The van der Waals surface area contributed by atoms with E-state index >= 15 is 0 Å². The van der Waals surface area contributed by atoms with Crippen LogP contribution in [0.3, 0.4) is 0 Å². The van der Waals surface area contributed by atoms with Crippen molar-refractivity contribution < 1.29 is 19.1 Å². The van der Waals surface area contributed by atoms with Gasteiger partial charge in [-0.3, -0.25) is 4.79 Å². The Morgan fingerprint density at radius 1 is 1.14 bits per heavy atom. The van der Waals surface area contributed by atoms with Crippen LogP contribution in [0, 0.1) is 0 Å². The summed E-state index contributed by atoms with van der Waals surface area (Å²) >= 11 is 2.93. The van der Waals surface area contributed by atoms with Crippen molar-refractivity contribution in [3.63, 3.8) is 0 Å². The van der Waals surface area contributed by atoms with Crippen LogP contribution in [0.4, 0.5) is 0 Å². The first-order valence-corrected chi connectivity index (χ1v) is 10.4. The molecule has 6 nitrogen and oxygen atoms in total. The summed E-state index contributed by atoms with van der Waals surface area (Å²) in [4.78, 5) is 31.2. The second-order valence-electron chi connectivity index (χ2n) is 5.92. The molecule has 0 N–H and O–H groups in total. The van der Waals surface area contributed by atoms with Gasteiger partial charge in [0.2, 0.25) is 0 Å². The summed E-state index contributed by atoms with van der Waals surface area (Å²) in [5, 5.41) is 4.36. The molecule has 0 spiro atoms. The molecule has 2 aromatic heterocycles. The fraction of sp³-hybridized carbons (Fsp3) is 0.250. The minimum Gasteiger partial charge on any atom is -0.494 e. The number of carbonyl (C=O) groups excluding carboxylic acids is 2. The molecule has 0 saturated carbocycles. The molecular weight excluding hydrogens is 396 g/mol. The lowest BCUT2D eigenvalue weighted by molar-refractivity contribution is -0.133. The van der Waals surface area contributed by atoms with Gasteiger partial charge in [0.25, 0.3) is 5.91 Å². The summed E-state index contributed by atoms with van der Waals surface area (Å²) in [7, 11) is 1.67. The SMILES string of the molecule is CCOc1ccc(CN(C)C(=O)COC(=O)c2csc(-c3cccs3)n2)cc1. The summed E-state index contributed by atoms with van der Waals surface area (Å²) < 4.78 is 10.5. The van der Waals surface area contributed by atoms with Crippen molar-refractivity contribution in [1.29, 1.82) is 0 Å². The predicted molar refractivity (Wildman–Crippen MR) is 110 cm³/mol. The van der Waals surface area contributed by atoms with E-state index in [2.05, 4.69) is 4.98 Å². The van der Waals surface area contributed by atoms with Gasteiger partial charge in [-0.05, 0) is 36.1 Å². The van der Waals surface area contributed by atoms with Gasteiger partial charge < -0.3 is 14.4 Å². The highest BCUT2D eigenvalue weighted by molar-refractivity contribution is 7.20. The van der Waals surface area contributed by atoms with E-state index in [9.17, 15) is 9.59 Å². The smallest absolute Gasteiger partial charge is 0.358 e. The lowest BCUT2D eigenvalue weighted by atomic mass is 10.2. The van der Waals surface area contributed by atoms with Crippen molar-refractivity contribution in [2.75, 3.05) is 20.3 Å². The van der Waals surface area contributed by atoms with E-state index in [-0.39, 0.29) is 18.2 Å². The van der Waals surface area contributed by atoms with Crippen LogP contribution in [0.25, 0.3) is 9.88 Å². The zero-order valence-corrected chi connectivity index (χ0v) is 17.2. The Bertz CT molecular complexity index is 920. The van der Waals surface area contributed by atoms with E-state index in [1.54, 1.807) is 23.8 Å². The lowest BCUT2D eigenvalue weighted by Gasteiger charge is -2.17. The molecule has 0 aliphatic heterocycles. The third kappa shape index (κ3) is 5.17. The van der Waals surface area contributed by atoms with Crippen molar-refractivity contribution in [3.05, 3.63) is 58.4 Å². The van der Waals surface area contributed by atoms with Gasteiger partial charge in [0, 0.05) is 19.0 Å². The minimum atomic E-state index is -0.595. The molecule has 0 bridgehead atoms. The number of likely N-dealkylation sites (N-methyl/N-ethyl adjacent to an activating group) is 1. The molecule has 1 amide bonds. The zero-order chi connectivity index (χ0) is 19.9. The molecule has 0 atom stereocenters. The first kappa shape index (κ1) is 20.0. The van der Waals surface area contributed by atoms with Crippen molar-refractivity contribution >= 4 is 34.6 Å². The third-order valence-corrected chi connectivity index (χ3v) is 5.73. The van der Waals surface area contributed by atoms with Gasteiger partial charge in [0.1, 0.15) is 10.8 Å². The predicted octanol–water partition coefficient (Wildman–Crippen LogP) is 4.09. The van der Waals surface area contributed by atoms with E-state index < -0.39 is 5.97 Å². The van der Waals surface area contributed by atoms with Crippen LogP contribution >= 0.6 is 22.7 Å². The van der Waals surface area contributed by atoms with Crippen molar-refractivity contribution in [3.8, 4) is 15.6 Å². The average molecular weight is 417 g/mol. The lowest BCUT2D eigenvalue weighted by Crippen LogP contribution is -2.30. The summed E-state index contributed by atoms with van der Waals surface area (Å²) in [6.45, 7) is 2.63. The average Bonchev–Trinajstić information content (AvgIpc) is 3.39. The molecule has 0 aliphatic rings. The molecule has 0 radical (unpaired) electrons. The number of amides is 1. The van der Waals surface area contributed by atoms with E-state index in [0.717, 1.165) is 21.2 Å². The highest BCUT2D eigenvalue weighted by Gasteiger charge is 2.17. The van der Waals surface area contributed by atoms with Crippen molar-refractivity contribution in [1.82, 2.24) is 9.88 Å². The minimum absolute atomic E-state index is 0.218. The van der Waals surface area contributed by atoms with Crippen LogP contribution in [0.1, 0.15) is 23.0 Å². The van der Waals surface area contributed by atoms with Gasteiger partial charge in [-0.15, -0.1) is 22.7 Å². The molecule has 0 unspecified atom stereocenters. The molecule has 8 heteroatoms. The number of carbonyl (C=O) groups is 2. The fourth-order valence-corrected chi connectivity index (χ4v) is 4.02. The van der Waals surface area contributed by atoms with Crippen LogP contribution in [-0.4, -0.2) is 42.0 Å². The quantitative estimate of drug-likeness (QED) is 0.518. The Balaban J connectivity index is 1.49. The van der Waals surface area contributed by atoms with Gasteiger partial charge in [-0.25, -0.2) is 9.78 Å². The van der Waals surface area contributed by atoms with Crippen LogP contribution in [0.5, 0.6) is 5.75 Å². The monoisotopic (exact) mass is 416 g/mol. The van der Waals surface area contributed by atoms with E-state index in [1.807, 2.05) is 48.7 Å². The number of thiophene rings is 1. The molecule has 3 rings (SSSR count). The third-order valence-electron chi connectivity index (χ3n) is 3.85. The standard InChI is InChI=1S/C20H20N2O4S2/c1-3-25-15-8-6-14(7-9-15)11-22(2)18(23)12-26-20(24)16-13-28-19(21-16)17-5-4-10-27-17/h4-10,13H,3,11-12H2,1-2H3. The Hall–Kier alpha value is -2.71. The number of benzene rings is 1. The summed E-state index contributed by atoms with van der Waals surface area (Å²) in [5.41, 5.74) is 1.18. The normalized spacial score (nSPS) is 10.5. The Kier molecular flexibility index (Phi) is 6.78. The molecule has 146 valence electrons. The molecule has 0 fully saturated rings. The first-order valence-electron chi connectivity index (χ1n) is 8.69. The van der Waals surface area contributed by atoms with Gasteiger partial charge in [0.05, 0.1) is 11.5 Å². The van der Waals surface area contributed by atoms with Crippen LogP contribution in [0.15, 0.2) is 47.2 Å². The van der Waals surface area contributed by atoms with Gasteiger partial charge in [0.15, 0.2) is 12.3 Å². The Morgan fingerprint density at radius 2 is 1.93 bits per heavy atom. The summed E-state index contributed by atoms with van der Waals surface area (Å²) in [6.07, 6.45) is 0. The Morgan fingerprint density at radius 3 is 2.61 bits per heavy atom. The summed E-state index contributed by atoms with van der Waals surface area (Å²) in [6, 6.07) is 11.4. The maximum Gasteiger partial charge on any atom is 0.358 e. The van der Waals surface area contributed by atoms with E-state index in [0.29, 0.717) is 13.2 Å². The number of nitrogens with zero attached hydrogens (tertiary/aromatic N) is 2. The molecule has 2 heterocycles. The van der Waals surface area contributed by atoms with E-state index in [4.69, 9.17) is 9.47 Å². The number of aromatic nitrogens is 1. The topological polar surface area (TPSA) is 68.7 Å². The number of hydrogen-bond acceptors (Lipinski definition) is 7. The zero-order valence-electron chi connectivity index (χ0n) is 15.6. The number of rotatable bonds is 8. The van der Waals surface area contributed by atoms with Gasteiger partial charge >= 0.3 is 5.97 Å². The van der Waals surface area contributed by atoms with Crippen molar-refractivity contribution in [2.45, 2.75) is 13.5 Å². The summed E-state index contributed by atoms with van der Waals surface area (Å²) in [5.74, 6) is -0.0860.